The Kier molecular flexibility index (Phi) is 20.8. The number of halogens is 1. The van der Waals surface area contributed by atoms with E-state index in [9.17, 15) is 24.5 Å². The van der Waals surface area contributed by atoms with Crippen LogP contribution < -0.4 is 5.32 Å². The Balaban J connectivity index is 1.20. The molecular formula is C57H92FN7O9. The second-order valence-electron chi connectivity index (χ2n) is 23.4. The summed E-state index contributed by atoms with van der Waals surface area (Å²) >= 11 is 0. The lowest BCUT2D eigenvalue weighted by Gasteiger charge is -2.50. The van der Waals surface area contributed by atoms with Gasteiger partial charge in [0.05, 0.1) is 53.3 Å². The Bertz CT molecular complexity index is 2220. The van der Waals surface area contributed by atoms with Gasteiger partial charge in [-0.3, -0.25) is 9.78 Å². The van der Waals surface area contributed by atoms with E-state index in [4.69, 9.17) is 23.7 Å². The highest BCUT2D eigenvalue weighted by molar-refractivity contribution is 5.73. The Labute approximate surface area is 441 Å². The highest BCUT2D eigenvalue weighted by Gasteiger charge is 2.53. The molecule has 1 unspecified atom stereocenters. The zero-order chi connectivity index (χ0) is 54.3. The summed E-state index contributed by atoms with van der Waals surface area (Å²) in [4.78, 5) is 23.3. The highest BCUT2D eigenvalue weighted by Crippen LogP contribution is 2.45. The van der Waals surface area contributed by atoms with Gasteiger partial charge in [0.15, 0.2) is 6.29 Å². The number of nitrogens with zero attached hydrogens (tertiary/aromatic N) is 6. The lowest BCUT2D eigenvalue weighted by molar-refractivity contribution is -0.271. The monoisotopic (exact) mass is 1040 g/mol. The summed E-state index contributed by atoms with van der Waals surface area (Å²) in [7, 11) is 7.60. The third kappa shape index (κ3) is 14.7. The maximum atomic E-state index is 14.7. The quantitative estimate of drug-likeness (QED) is 0.108. The summed E-state index contributed by atoms with van der Waals surface area (Å²) in [5.74, 6) is -2.41. The molecule has 16 nitrogen and oxygen atoms in total. The Morgan fingerprint density at radius 1 is 0.973 bits per heavy atom. The molecule has 0 spiro atoms. The number of carbonyl (C=O) groups is 1. The summed E-state index contributed by atoms with van der Waals surface area (Å²) in [5.41, 5.74) is 1.23. The molecule has 5 heterocycles. The summed E-state index contributed by atoms with van der Waals surface area (Å²) < 4.78 is 49.3. The maximum Gasteiger partial charge on any atom is 0.309 e. The Morgan fingerprint density at radius 3 is 2.35 bits per heavy atom. The summed E-state index contributed by atoms with van der Waals surface area (Å²) in [6, 6.07) is 9.34. The number of aliphatic hydroxyl groups is 3. The van der Waals surface area contributed by atoms with Crippen LogP contribution in [0.5, 0.6) is 0 Å². The van der Waals surface area contributed by atoms with Crippen LogP contribution in [0.1, 0.15) is 131 Å². The fraction of sp³-hybridized carbons (Fsp3) is 0.754. The van der Waals surface area contributed by atoms with Crippen LogP contribution in [-0.2, 0) is 47.9 Å². The number of rotatable bonds is 16. The van der Waals surface area contributed by atoms with Gasteiger partial charge >= 0.3 is 5.97 Å². The standard InChI is InChI=1S/C57H92FN7O9/c1-15-49-57(10,69)52(66)40(7)64(13)33-35(2)26-56(9,68)53(38(5)51(39(6)54(67)73-49)48-28-55(8,70-14)27-37(4)71-48)74-50-25-46(22-36(3)72-50)63(12)21-20-45-34-65(62-61-45)47(29-58)24-41-16-18-43(19-17-41)44-23-42(30-59-11)31-60-32-44/h16-19,23,31-32,34-40,46-53,59,66,68-69H,15,20-22,24-30,33H2,1-14H3/t35-,36-,37+,38+,39-,40-,46+,47+,48?,49-,50+,51+,52-,53-,55+,56-,57-/m1/s1. The van der Waals surface area contributed by atoms with E-state index in [2.05, 4.69) is 64.6 Å². The van der Waals surface area contributed by atoms with E-state index in [0.717, 1.165) is 40.9 Å². The first-order chi connectivity index (χ1) is 34.9. The van der Waals surface area contributed by atoms with Crippen molar-refractivity contribution in [2.75, 3.05) is 48.0 Å². The number of nitrogens with one attached hydrogen (secondary N) is 1. The molecule has 74 heavy (non-hydrogen) atoms. The number of methoxy groups -OCH3 is 1. The first-order valence-electron chi connectivity index (χ1n) is 27.3. The third-order valence-corrected chi connectivity index (χ3v) is 16.9. The smallest absolute Gasteiger partial charge is 0.309 e. The van der Waals surface area contributed by atoms with Crippen LogP contribution in [-0.4, -0.2) is 171 Å². The molecule has 0 aliphatic carbocycles. The number of esters is 1. The molecule has 6 rings (SSSR count). The average molecular weight is 1040 g/mol. The van der Waals surface area contributed by atoms with E-state index in [1.54, 1.807) is 18.7 Å². The number of aliphatic hydroxyl groups excluding tert-OH is 1. The molecule has 0 radical (unpaired) electrons. The van der Waals surface area contributed by atoms with Crippen LogP contribution in [0, 0.1) is 23.7 Å². The number of benzene rings is 1. The van der Waals surface area contributed by atoms with Crippen molar-refractivity contribution in [3.05, 3.63) is 65.7 Å². The number of hydrogen-bond donors (Lipinski definition) is 4. The molecule has 4 N–H and O–H groups in total. The predicted octanol–water partition coefficient (Wildman–Crippen LogP) is 6.97. The van der Waals surface area contributed by atoms with Crippen LogP contribution in [0.15, 0.2) is 48.9 Å². The van der Waals surface area contributed by atoms with E-state index in [1.807, 2.05) is 98.2 Å². The van der Waals surface area contributed by atoms with Crippen molar-refractivity contribution in [2.24, 2.45) is 23.7 Å². The van der Waals surface area contributed by atoms with Crippen molar-refractivity contribution >= 4 is 5.97 Å². The molecule has 17 heteroatoms. The largest absolute Gasteiger partial charge is 0.459 e. The van der Waals surface area contributed by atoms with Gasteiger partial charge in [0.25, 0.3) is 0 Å². The molecule has 0 bridgehead atoms. The minimum atomic E-state index is -1.76. The molecule has 0 saturated carbocycles. The predicted molar refractivity (Wildman–Crippen MR) is 284 cm³/mol. The molecule has 3 fully saturated rings. The van der Waals surface area contributed by atoms with Crippen molar-refractivity contribution in [3.8, 4) is 11.1 Å². The van der Waals surface area contributed by atoms with E-state index >= 15 is 0 Å². The number of likely N-dealkylation sites (N-methyl/N-ethyl adjacent to an activating group) is 2. The minimum absolute atomic E-state index is 0.0540. The molecule has 416 valence electrons. The topological polar surface area (TPSA) is 186 Å². The molecular weight excluding hydrogens is 946 g/mol. The van der Waals surface area contributed by atoms with Gasteiger partial charge in [-0.15, -0.1) is 5.10 Å². The normalized spacial score (nSPS) is 36.7. The van der Waals surface area contributed by atoms with E-state index in [0.29, 0.717) is 51.6 Å². The second-order valence-corrected chi connectivity index (χ2v) is 23.4. The van der Waals surface area contributed by atoms with Crippen LogP contribution in [0.4, 0.5) is 4.39 Å². The van der Waals surface area contributed by atoms with Crippen molar-refractivity contribution < 1.29 is 48.2 Å². The van der Waals surface area contributed by atoms with Gasteiger partial charge in [-0.05, 0) is 123 Å². The fourth-order valence-corrected chi connectivity index (χ4v) is 12.6. The maximum absolute atomic E-state index is 14.7. The zero-order valence-corrected chi connectivity index (χ0v) is 47.0. The number of carbonyl (C=O) groups excluding carboxylic acids is 1. The van der Waals surface area contributed by atoms with Gasteiger partial charge in [-0.1, -0.05) is 57.2 Å². The van der Waals surface area contributed by atoms with E-state index in [1.165, 1.54) is 0 Å². The van der Waals surface area contributed by atoms with Crippen molar-refractivity contribution in [2.45, 2.75) is 205 Å². The van der Waals surface area contributed by atoms with Gasteiger partial charge in [0.1, 0.15) is 24.5 Å². The molecule has 2 aromatic heterocycles. The van der Waals surface area contributed by atoms with E-state index in [-0.39, 0.29) is 30.6 Å². The van der Waals surface area contributed by atoms with Crippen molar-refractivity contribution in [1.82, 2.24) is 35.1 Å². The lowest BCUT2D eigenvalue weighted by atomic mass is 9.69. The van der Waals surface area contributed by atoms with Crippen LogP contribution in [0.2, 0.25) is 0 Å². The molecule has 0 amide bonds. The number of alkyl halides is 1. The lowest BCUT2D eigenvalue weighted by Crippen LogP contribution is -2.59. The first kappa shape index (κ1) is 59.7. The first-order valence-corrected chi connectivity index (χ1v) is 27.3. The minimum Gasteiger partial charge on any atom is -0.459 e. The molecule has 17 atom stereocenters. The molecule has 3 aliphatic heterocycles. The molecule has 3 aliphatic rings. The Morgan fingerprint density at radius 2 is 1.69 bits per heavy atom. The summed E-state index contributed by atoms with van der Waals surface area (Å²) in [5, 5.41) is 48.6. The van der Waals surface area contributed by atoms with Gasteiger partial charge in [0, 0.05) is 94.6 Å². The number of pyridine rings is 1. The van der Waals surface area contributed by atoms with Gasteiger partial charge in [0.2, 0.25) is 0 Å². The molecule has 1 aromatic carbocycles. The fourth-order valence-electron chi connectivity index (χ4n) is 12.6. The van der Waals surface area contributed by atoms with Gasteiger partial charge in [-0.25, -0.2) is 9.07 Å². The van der Waals surface area contributed by atoms with Crippen LogP contribution >= 0.6 is 0 Å². The third-order valence-electron chi connectivity index (χ3n) is 16.9. The van der Waals surface area contributed by atoms with Crippen LogP contribution in [0.3, 0.4) is 0 Å². The number of aromatic nitrogens is 4. The summed E-state index contributed by atoms with van der Waals surface area (Å²) in [6.45, 7) is 20.4. The van der Waals surface area contributed by atoms with Crippen LogP contribution in [0.25, 0.3) is 11.1 Å². The average Bonchev–Trinajstić information content (AvgIpc) is 3.83. The molecule has 3 saturated heterocycles. The van der Waals surface area contributed by atoms with Crippen molar-refractivity contribution in [1.29, 1.82) is 0 Å². The van der Waals surface area contributed by atoms with Gasteiger partial charge < -0.3 is 54.1 Å². The number of ether oxygens (including phenoxy) is 5. The number of hydrogen-bond acceptors (Lipinski definition) is 15. The van der Waals surface area contributed by atoms with E-state index < -0.39 is 90.0 Å². The van der Waals surface area contributed by atoms with Crippen molar-refractivity contribution in [3.63, 3.8) is 0 Å². The highest BCUT2D eigenvalue weighted by atomic mass is 19.1. The SMILES string of the molecule is CC[C@H]1OC(=O)[C@H](C)[C@@H](C2C[C@@](C)(OC)C[C@H](C)O2)[C@H](C)[C@@H](O[C@H]2C[C@@H](N(C)CCc3cn([C@H](CF)Cc4ccc(-c5cncc(CNC)c5)cc4)nn3)C[C@@H](C)O2)[C@](C)(O)C[C@@H](C)CN(C)[C@H](C)[C@@H](O)[C@]1(C)O. The molecule has 3 aromatic rings. The zero-order valence-electron chi connectivity index (χ0n) is 47.0. The second kappa shape index (κ2) is 25.8. The Hall–Kier alpha value is -3.49. The number of cyclic esters (lactones) is 1. The summed E-state index contributed by atoms with van der Waals surface area (Å²) in [6.07, 6.45) is 5.07. The van der Waals surface area contributed by atoms with Gasteiger partial charge in [-0.2, -0.15) is 0 Å².